The molecule has 0 radical (unpaired) electrons. The van der Waals surface area contributed by atoms with Gasteiger partial charge in [0.25, 0.3) is 0 Å². The Morgan fingerprint density at radius 3 is 2.50 bits per heavy atom. The fourth-order valence-electron chi connectivity index (χ4n) is 2.24. The van der Waals surface area contributed by atoms with E-state index in [9.17, 15) is 9.90 Å². The van der Waals surface area contributed by atoms with Gasteiger partial charge in [-0.05, 0) is 38.0 Å². The van der Waals surface area contributed by atoms with E-state index in [1.165, 1.54) is 0 Å². The van der Waals surface area contributed by atoms with Crippen LogP contribution in [0.15, 0.2) is 30.3 Å². The van der Waals surface area contributed by atoms with Crippen molar-refractivity contribution in [3.8, 4) is 0 Å². The third-order valence-electron chi connectivity index (χ3n) is 3.72. The topological polar surface area (TPSA) is 75.8 Å². The highest BCUT2D eigenvalue weighted by atomic mass is 16.5. The van der Waals surface area contributed by atoms with E-state index in [4.69, 9.17) is 10.5 Å². The standard InChI is InChI=1S/C17H28N2O3/c1-3-19(4-2)12-8-11-15(18)13-22-17(21)16(20)14-9-6-5-7-10-14/h5-7,9-10,15-16,20H,3-4,8,11-13,18H2,1-2H3/t15?,16-/m1/s1. The Balaban J connectivity index is 2.26. The van der Waals surface area contributed by atoms with Crippen molar-refractivity contribution >= 4 is 5.97 Å². The number of nitrogens with two attached hydrogens (primary N) is 1. The van der Waals surface area contributed by atoms with Gasteiger partial charge >= 0.3 is 5.97 Å². The number of hydrogen-bond donors (Lipinski definition) is 2. The molecule has 1 unspecified atom stereocenters. The van der Waals surface area contributed by atoms with Gasteiger partial charge in [-0.2, -0.15) is 0 Å². The normalized spacial score (nSPS) is 13.9. The van der Waals surface area contributed by atoms with E-state index >= 15 is 0 Å². The van der Waals surface area contributed by atoms with Gasteiger partial charge in [0.05, 0.1) is 0 Å². The zero-order chi connectivity index (χ0) is 16.4. The van der Waals surface area contributed by atoms with Crippen LogP contribution >= 0.6 is 0 Å². The number of aliphatic hydroxyl groups is 1. The predicted octanol–water partition coefficient (Wildman–Crippen LogP) is 1.71. The number of aliphatic hydroxyl groups excluding tert-OH is 1. The fraction of sp³-hybridized carbons (Fsp3) is 0.588. The zero-order valence-corrected chi connectivity index (χ0v) is 13.6. The van der Waals surface area contributed by atoms with Crippen molar-refractivity contribution in [2.75, 3.05) is 26.2 Å². The molecule has 0 saturated heterocycles. The van der Waals surface area contributed by atoms with Crippen LogP contribution in [0.3, 0.4) is 0 Å². The molecule has 0 aliphatic carbocycles. The Bertz CT molecular complexity index is 421. The highest BCUT2D eigenvalue weighted by Gasteiger charge is 2.19. The van der Waals surface area contributed by atoms with Crippen LogP contribution in [-0.2, 0) is 9.53 Å². The molecule has 5 heteroatoms. The van der Waals surface area contributed by atoms with Gasteiger partial charge in [0.1, 0.15) is 6.61 Å². The number of nitrogens with zero attached hydrogens (tertiary/aromatic N) is 1. The number of rotatable bonds is 10. The molecule has 0 aliphatic rings. The molecule has 0 aliphatic heterocycles. The first-order chi connectivity index (χ1) is 10.6. The van der Waals surface area contributed by atoms with Crippen molar-refractivity contribution in [2.24, 2.45) is 5.73 Å². The van der Waals surface area contributed by atoms with Crippen molar-refractivity contribution in [1.82, 2.24) is 4.90 Å². The smallest absolute Gasteiger partial charge is 0.339 e. The maximum absolute atomic E-state index is 11.8. The monoisotopic (exact) mass is 308 g/mol. The van der Waals surface area contributed by atoms with E-state index in [2.05, 4.69) is 18.7 Å². The van der Waals surface area contributed by atoms with Gasteiger partial charge in [0.15, 0.2) is 6.10 Å². The first-order valence-electron chi connectivity index (χ1n) is 7.96. The molecule has 0 heterocycles. The summed E-state index contributed by atoms with van der Waals surface area (Å²) in [6.45, 7) is 7.47. The number of carbonyl (C=O) groups excluding carboxylic acids is 1. The largest absolute Gasteiger partial charge is 0.462 e. The van der Waals surface area contributed by atoms with Gasteiger partial charge in [-0.1, -0.05) is 44.2 Å². The average Bonchev–Trinajstić information content (AvgIpc) is 2.56. The molecule has 0 saturated carbocycles. The number of ether oxygens (including phenoxy) is 1. The van der Waals surface area contributed by atoms with Gasteiger partial charge in [0.2, 0.25) is 0 Å². The molecule has 0 bridgehead atoms. The molecule has 1 rings (SSSR count). The number of hydrogen-bond acceptors (Lipinski definition) is 5. The van der Waals surface area contributed by atoms with Crippen LogP contribution < -0.4 is 5.73 Å². The molecule has 2 atom stereocenters. The maximum Gasteiger partial charge on any atom is 0.339 e. The van der Waals surface area contributed by atoms with E-state index in [1.54, 1.807) is 24.3 Å². The molecule has 0 aromatic heterocycles. The van der Waals surface area contributed by atoms with Gasteiger partial charge in [0, 0.05) is 6.04 Å². The van der Waals surface area contributed by atoms with Crippen molar-refractivity contribution in [2.45, 2.75) is 38.8 Å². The fourth-order valence-corrected chi connectivity index (χ4v) is 2.24. The summed E-state index contributed by atoms with van der Waals surface area (Å²) < 4.78 is 5.10. The zero-order valence-electron chi connectivity index (χ0n) is 13.6. The highest BCUT2D eigenvalue weighted by Crippen LogP contribution is 2.13. The van der Waals surface area contributed by atoms with Crippen LogP contribution in [0.1, 0.15) is 38.4 Å². The van der Waals surface area contributed by atoms with E-state index in [-0.39, 0.29) is 12.6 Å². The molecule has 1 aromatic carbocycles. The first-order valence-corrected chi connectivity index (χ1v) is 7.96. The SMILES string of the molecule is CCN(CC)CCCC(N)COC(=O)[C@H](O)c1ccccc1. The minimum absolute atomic E-state index is 0.140. The van der Waals surface area contributed by atoms with Crippen LogP contribution in [0.25, 0.3) is 0 Å². The average molecular weight is 308 g/mol. The van der Waals surface area contributed by atoms with Crippen LogP contribution in [0.2, 0.25) is 0 Å². The van der Waals surface area contributed by atoms with Crippen LogP contribution in [0.4, 0.5) is 0 Å². The summed E-state index contributed by atoms with van der Waals surface area (Å²) in [5, 5.41) is 9.89. The summed E-state index contributed by atoms with van der Waals surface area (Å²) in [4.78, 5) is 14.1. The molecule has 1 aromatic rings. The first kappa shape index (κ1) is 18.6. The van der Waals surface area contributed by atoms with Crippen LogP contribution in [0.5, 0.6) is 0 Å². The number of esters is 1. The summed E-state index contributed by atoms with van der Waals surface area (Å²) in [5.74, 6) is -0.648. The molecular formula is C17H28N2O3. The van der Waals surface area contributed by atoms with Crippen molar-refractivity contribution < 1.29 is 14.6 Å². The Morgan fingerprint density at radius 1 is 1.27 bits per heavy atom. The Labute approximate surface area is 133 Å². The van der Waals surface area contributed by atoms with Gasteiger partial charge in [-0.15, -0.1) is 0 Å². The molecule has 0 amide bonds. The molecule has 5 nitrogen and oxygen atoms in total. The van der Waals surface area contributed by atoms with E-state index in [0.717, 1.165) is 32.5 Å². The number of carbonyl (C=O) groups is 1. The molecule has 3 N–H and O–H groups in total. The van der Waals surface area contributed by atoms with Gasteiger partial charge < -0.3 is 20.5 Å². The second-order valence-electron chi connectivity index (χ2n) is 5.37. The molecule has 0 spiro atoms. The summed E-state index contributed by atoms with van der Waals surface area (Å²) in [6.07, 6.45) is 0.524. The second kappa shape index (κ2) is 10.3. The molecule has 22 heavy (non-hydrogen) atoms. The Hall–Kier alpha value is -1.43. The third kappa shape index (κ3) is 6.56. The summed E-state index contributed by atoms with van der Waals surface area (Å²) in [7, 11) is 0. The minimum Gasteiger partial charge on any atom is -0.462 e. The highest BCUT2D eigenvalue weighted by molar-refractivity contribution is 5.76. The second-order valence-corrected chi connectivity index (χ2v) is 5.37. The van der Waals surface area contributed by atoms with Crippen molar-refractivity contribution in [3.05, 3.63) is 35.9 Å². The Kier molecular flexibility index (Phi) is 8.74. The number of benzene rings is 1. The summed E-state index contributed by atoms with van der Waals surface area (Å²) >= 11 is 0. The lowest BCUT2D eigenvalue weighted by Crippen LogP contribution is -2.31. The predicted molar refractivity (Wildman–Crippen MR) is 87.4 cm³/mol. The van der Waals surface area contributed by atoms with Crippen molar-refractivity contribution in [3.63, 3.8) is 0 Å². The summed E-state index contributed by atoms with van der Waals surface area (Å²) in [6, 6.07) is 8.55. The minimum atomic E-state index is -1.25. The quantitative estimate of drug-likeness (QED) is 0.644. The van der Waals surface area contributed by atoms with E-state index in [1.807, 2.05) is 6.07 Å². The summed E-state index contributed by atoms with van der Waals surface area (Å²) in [5.41, 5.74) is 6.48. The molecule has 0 fully saturated rings. The molecular weight excluding hydrogens is 280 g/mol. The van der Waals surface area contributed by atoms with Crippen LogP contribution in [0, 0.1) is 0 Å². The third-order valence-corrected chi connectivity index (χ3v) is 3.72. The Morgan fingerprint density at radius 2 is 1.91 bits per heavy atom. The molecule has 124 valence electrons. The lowest BCUT2D eigenvalue weighted by atomic mass is 10.1. The van der Waals surface area contributed by atoms with E-state index < -0.39 is 12.1 Å². The lowest BCUT2D eigenvalue weighted by Gasteiger charge is -2.19. The van der Waals surface area contributed by atoms with Crippen LogP contribution in [-0.4, -0.2) is 48.3 Å². The lowest BCUT2D eigenvalue weighted by molar-refractivity contribution is -0.154. The van der Waals surface area contributed by atoms with E-state index in [0.29, 0.717) is 5.56 Å². The van der Waals surface area contributed by atoms with Crippen molar-refractivity contribution in [1.29, 1.82) is 0 Å². The maximum atomic E-state index is 11.8. The van der Waals surface area contributed by atoms with Gasteiger partial charge in [-0.3, -0.25) is 0 Å². The van der Waals surface area contributed by atoms with Gasteiger partial charge in [-0.25, -0.2) is 4.79 Å².